The van der Waals surface area contributed by atoms with Crippen LogP contribution in [0.25, 0.3) is 33.1 Å². The van der Waals surface area contributed by atoms with E-state index in [-0.39, 0.29) is 41.3 Å². The number of aromatic nitrogens is 4. The quantitative estimate of drug-likeness (QED) is 0.120. The number of nitrogens with zero attached hydrogens (tertiary/aromatic N) is 4. The Kier molecular flexibility index (Phi) is 12.4. The number of likely N-dealkylation sites (tertiary alicyclic amines) is 2. The molecule has 324 valence electrons. The third-order valence-electron chi connectivity index (χ3n) is 12.3. The zero-order valence-corrected chi connectivity index (χ0v) is 35.3. The summed E-state index contributed by atoms with van der Waals surface area (Å²) in [5, 5.41) is 7.32. The number of fused-ring (bicyclic) bond motifs is 3. The van der Waals surface area contributed by atoms with Crippen molar-refractivity contribution in [3.63, 3.8) is 0 Å². The number of H-pyrrole nitrogens is 2. The maximum Gasteiger partial charge on any atom is 0.407 e. The summed E-state index contributed by atoms with van der Waals surface area (Å²) in [6, 6.07) is 12.5. The first-order chi connectivity index (χ1) is 30.0. The number of methoxy groups -OCH3 is 2. The van der Waals surface area contributed by atoms with Gasteiger partial charge in [-0.1, -0.05) is 43.9 Å². The average molecular weight is 847 g/mol. The van der Waals surface area contributed by atoms with E-state index in [0.29, 0.717) is 74.0 Å². The third kappa shape index (κ3) is 8.67. The van der Waals surface area contributed by atoms with Gasteiger partial charge >= 0.3 is 12.2 Å². The molecule has 0 unspecified atom stereocenters. The predicted octanol–water partition coefficient (Wildman–Crippen LogP) is 6.50. The molecule has 3 aromatic carbocycles. The van der Waals surface area contributed by atoms with Crippen LogP contribution in [0.2, 0.25) is 0 Å². The van der Waals surface area contributed by atoms with Crippen LogP contribution in [0.3, 0.4) is 0 Å². The van der Waals surface area contributed by atoms with E-state index < -0.39 is 30.1 Å². The van der Waals surface area contributed by atoms with Crippen LogP contribution in [0, 0.1) is 29.5 Å². The van der Waals surface area contributed by atoms with Crippen LogP contribution in [0.15, 0.2) is 54.7 Å². The number of ether oxygens (including phenoxy) is 3. The number of hydrogen-bond donors (Lipinski definition) is 4. The summed E-state index contributed by atoms with van der Waals surface area (Å²) in [6.07, 6.45) is 4.68. The fourth-order valence-corrected chi connectivity index (χ4v) is 8.94. The molecule has 4 N–H and O–H groups in total. The first-order valence-corrected chi connectivity index (χ1v) is 21.2. The van der Waals surface area contributed by atoms with Gasteiger partial charge in [-0.2, -0.15) is 0 Å². The maximum atomic E-state index is 15.6. The molecule has 0 spiro atoms. The molecule has 15 nitrogen and oxygen atoms in total. The van der Waals surface area contributed by atoms with Crippen molar-refractivity contribution in [2.24, 2.45) is 11.8 Å². The average Bonchev–Trinajstić information content (AvgIpc) is 4.13. The lowest BCUT2D eigenvalue weighted by atomic mass is 9.90. The van der Waals surface area contributed by atoms with Crippen LogP contribution in [0.5, 0.6) is 0 Å². The molecule has 8 rings (SSSR count). The van der Waals surface area contributed by atoms with E-state index in [4.69, 9.17) is 19.2 Å². The molecular weight excluding hydrogens is 796 g/mol. The third-order valence-corrected chi connectivity index (χ3v) is 12.3. The summed E-state index contributed by atoms with van der Waals surface area (Å²) in [6.45, 7) is 5.91. The molecule has 0 aliphatic carbocycles. The van der Waals surface area contributed by atoms with Gasteiger partial charge in [-0.15, -0.1) is 0 Å². The van der Waals surface area contributed by atoms with Crippen LogP contribution in [-0.2, 0) is 23.8 Å². The van der Waals surface area contributed by atoms with Gasteiger partial charge in [0.25, 0.3) is 0 Å². The van der Waals surface area contributed by atoms with Crippen LogP contribution in [0.1, 0.15) is 87.2 Å². The SMILES string of the molecule is COC(=O)N[C@H](C(=O)N1CCC[C@H]1c1nc2ccc3cc(C#Cc4ccc(-c5cnc([C@@H]6CCCN6C(=O)[C@@H](NC(=O)OC)C6CCOCC6)[nH]5)cc4F)ccc3c2[nH]1)C(C)C. The minimum absolute atomic E-state index is 0.0743. The van der Waals surface area contributed by atoms with Crippen molar-refractivity contribution < 1.29 is 37.8 Å². The molecule has 3 aliphatic heterocycles. The number of alkyl carbamates (subject to hydrolysis) is 2. The van der Waals surface area contributed by atoms with Gasteiger partial charge in [0.15, 0.2) is 0 Å². The number of halogens is 1. The molecule has 0 radical (unpaired) electrons. The van der Waals surface area contributed by atoms with Crippen LogP contribution in [-0.4, -0.2) is 106 Å². The van der Waals surface area contributed by atoms with Crippen molar-refractivity contribution in [3.8, 4) is 23.1 Å². The molecule has 0 saturated carbocycles. The van der Waals surface area contributed by atoms with Crippen LogP contribution >= 0.6 is 0 Å². The molecule has 3 fully saturated rings. The van der Waals surface area contributed by atoms with Crippen molar-refractivity contribution >= 4 is 45.8 Å². The Morgan fingerprint density at radius 1 is 0.839 bits per heavy atom. The monoisotopic (exact) mass is 846 g/mol. The van der Waals surface area contributed by atoms with Gasteiger partial charge in [0.1, 0.15) is 29.5 Å². The second-order valence-corrected chi connectivity index (χ2v) is 16.4. The fraction of sp³-hybridized carbons (Fsp3) is 0.435. The Balaban J connectivity index is 0.961. The fourth-order valence-electron chi connectivity index (χ4n) is 8.94. The topological polar surface area (TPSA) is 184 Å². The number of aromatic amines is 2. The second kappa shape index (κ2) is 18.3. The van der Waals surface area contributed by atoms with E-state index in [1.165, 1.54) is 20.3 Å². The number of imidazole rings is 2. The second-order valence-electron chi connectivity index (χ2n) is 16.4. The summed E-state index contributed by atoms with van der Waals surface area (Å²) in [5.74, 6) is 6.35. The van der Waals surface area contributed by atoms with Gasteiger partial charge in [-0.05, 0) is 86.1 Å². The molecule has 0 bridgehead atoms. The maximum absolute atomic E-state index is 15.6. The molecular formula is C46H51FN8O7. The van der Waals surface area contributed by atoms with Gasteiger partial charge in [0.2, 0.25) is 11.8 Å². The van der Waals surface area contributed by atoms with Crippen LogP contribution in [0.4, 0.5) is 14.0 Å². The Morgan fingerprint density at radius 2 is 1.55 bits per heavy atom. The van der Waals surface area contributed by atoms with E-state index in [1.54, 1.807) is 28.1 Å². The molecule has 16 heteroatoms. The van der Waals surface area contributed by atoms with Gasteiger partial charge < -0.3 is 44.6 Å². The zero-order valence-electron chi connectivity index (χ0n) is 35.3. The first kappa shape index (κ1) is 42.2. The highest BCUT2D eigenvalue weighted by Gasteiger charge is 2.41. The Labute approximate surface area is 358 Å². The Morgan fingerprint density at radius 3 is 2.26 bits per heavy atom. The normalized spacial score (nSPS) is 19.0. The number of hydrogen-bond acceptors (Lipinski definition) is 9. The first-order valence-electron chi connectivity index (χ1n) is 21.2. The summed E-state index contributed by atoms with van der Waals surface area (Å²) < 4.78 is 30.7. The summed E-state index contributed by atoms with van der Waals surface area (Å²) in [7, 11) is 2.56. The predicted molar refractivity (Wildman–Crippen MR) is 228 cm³/mol. The van der Waals surface area contributed by atoms with E-state index in [1.807, 2.05) is 44.2 Å². The lowest BCUT2D eigenvalue weighted by molar-refractivity contribution is -0.137. The van der Waals surface area contributed by atoms with Crippen molar-refractivity contribution in [1.82, 2.24) is 40.4 Å². The number of rotatable bonds is 9. The highest BCUT2D eigenvalue weighted by Crippen LogP contribution is 2.36. The molecule has 4 atom stereocenters. The van der Waals surface area contributed by atoms with E-state index in [2.05, 4.69) is 37.4 Å². The standard InChI is InChI=1S/C46H51FN8O7/c1-26(2)38(52-45(58)60-3)43(56)55-20-6-8-37(55)42-49-34-16-14-30-23-27(10-15-32(30)40(34)51-42)9-11-28-12-13-31(24-33(28)47)35-25-48-41(50-35)36-7-5-19-54(36)44(57)39(53-46(59)61-4)29-17-21-62-22-18-29/h10,12-16,23-26,29,36-39H,5-8,17-22H2,1-4H3,(H,48,50)(H,49,51)(H,52,58)(H,53,59)/t36-,37-,38-,39-/m0/s1. The van der Waals surface area contributed by atoms with E-state index in [9.17, 15) is 19.2 Å². The lowest BCUT2D eigenvalue weighted by Gasteiger charge is -2.34. The van der Waals surface area contributed by atoms with Gasteiger partial charge in [-0.25, -0.2) is 23.9 Å². The number of carbonyl (C=O) groups excluding carboxylic acids is 4. The van der Waals surface area contributed by atoms with Crippen molar-refractivity contribution in [1.29, 1.82) is 0 Å². The van der Waals surface area contributed by atoms with Gasteiger partial charge in [0.05, 0.1) is 54.8 Å². The number of amides is 4. The molecule has 4 amide bonds. The zero-order chi connectivity index (χ0) is 43.5. The summed E-state index contributed by atoms with van der Waals surface area (Å²) in [5.41, 5.74) is 3.76. The summed E-state index contributed by atoms with van der Waals surface area (Å²) in [4.78, 5) is 71.7. The number of benzene rings is 3. The molecule has 3 aliphatic rings. The van der Waals surface area contributed by atoms with E-state index >= 15 is 4.39 Å². The molecule has 3 saturated heterocycles. The van der Waals surface area contributed by atoms with Gasteiger partial charge in [0, 0.05) is 42.8 Å². The number of carbonyl (C=O) groups is 4. The smallest absolute Gasteiger partial charge is 0.407 e. The Bertz CT molecular complexity index is 2550. The van der Waals surface area contributed by atoms with Crippen molar-refractivity contribution in [3.05, 3.63) is 83.3 Å². The molecule has 2 aromatic heterocycles. The largest absolute Gasteiger partial charge is 0.453 e. The lowest BCUT2D eigenvalue weighted by Crippen LogP contribution is -2.53. The highest BCUT2D eigenvalue weighted by atomic mass is 19.1. The van der Waals surface area contributed by atoms with Crippen molar-refractivity contribution in [2.45, 2.75) is 76.5 Å². The minimum atomic E-state index is -0.740. The highest BCUT2D eigenvalue weighted by molar-refractivity contribution is 6.04. The minimum Gasteiger partial charge on any atom is -0.453 e. The van der Waals surface area contributed by atoms with Gasteiger partial charge in [-0.3, -0.25) is 9.59 Å². The molecule has 62 heavy (non-hydrogen) atoms. The summed E-state index contributed by atoms with van der Waals surface area (Å²) >= 11 is 0. The van der Waals surface area contributed by atoms with E-state index in [0.717, 1.165) is 41.1 Å². The molecule has 5 heterocycles. The molecule has 5 aromatic rings. The van der Waals surface area contributed by atoms with Crippen molar-refractivity contribution in [2.75, 3.05) is 40.5 Å². The Hall–Kier alpha value is -6.47. The van der Waals surface area contributed by atoms with Crippen LogP contribution < -0.4 is 10.6 Å². The number of nitrogens with one attached hydrogen (secondary N) is 4.